The molecule has 1 heteroatoms. The number of ether oxygens (including phenoxy) is 1. The fourth-order valence-corrected chi connectivity index (χ4v) is 3.34. The summed E-state index contributed by atoms with van der Waals surface area (Å²) >= 11 is 0. The summed E-state index contributed by atoms with van der Waals surface area (Å²) in [6.07, 6.45) is 16.6. The van der Waals surface area contributed by atoms with Crippen LogP contribution in [0.4, 0.5) is 0 Å². The highest BCUT2D eigenvalue weighted by Gasteiger charge is 2.20. The fraction of sp³-hybridized carbons (Fsp3) is 0.545. The molecular formula is C22H32O. The molecule has 0 unspecified atom stereocenters. The molecule has 0 spiro atoms. The van der Waals surface area contributed by atoms with Gasteiger partial charge in [-0.25, -0.2) is 0 Å². The van der Waals surface area contributed by atoms with Crippen LogP contribution in [-0.2, 0) is 11.3 Å². The molecule has 1 saturated carbocycles. The van der Waals surface area contributed by atoms with Gasteiger partial charge < -0.3 is 4.74 Å². The largest absolute Gasteiger partial charge is 0.373 e. The Labute approximate surface area is 142 Å². The van der Waals surface area contributed by atoms with Crippen molar-refractivity contribution in [2.75, 3.05) is 6.61 Å². The van der Waals surface area contributed by atoms with Crippen molar-refractivity contribution in [1.29, 1.82) is 0 Å². The van der Waals surface area contributed by atoms with Crippen molar-refractivity contribution < 1.29 is 4.74 Å². The predicted molar refractivity (Wildman–Crippen MR) is 99.7 cm³/mol. The van der Waals surface area contributed by atoms with E-state index in [1.165, 1.54) is 36.8 Å². The summed E-state index contributed by atoms with van der Waals surface area (Å²) in [6.45, 7) is 5.78. The molecule has 23 heavy (non-hydrogen) atoms. The van der Waals surface area contributed by atoms with Crippen LogP contribution in [0.2, 0.25) is 0 Å². The van der Waals surface area contributed by atoms with Gasteiger partial charge in [-0.05, 0) is 61.5 Å². The van der Waals surface area contributed by atoms with Crippen molar-refractivity contribution in [3.8, 4) is 0 Å². The Hall–Kier alpha value is -1.34. The number of hydrogen-bond donors (Lipinski definition) is 0. The monoisotopic (exact) mass is 312 g/mol. The van der Waals surface area contributed by atoms with Crippen LogP contribution in [0.3, 0.4) is 0 Å². The van der Waals surface area contributed by atoms with Gasteiger partial charge in [-0.15, -0.1) is 0 Å². The molecule has 0 aromatic heterocycles. The molecule has 1 aliphatic carbocycles. The smallest absolute Gasteiger partial charge is 0.0721 e. The molecule has 1 aromatic carbocycles. The lowest BCUT2D eigenvalue weighted by Gasteiger charge is -2.27. The van der Waals surface area contributed by atoms with Crippen LogP contribution >= 0.6 is 0 Å². The molecular weight excluding hydrogens is 280 g/mol. The second kappa shape index (κ2) is 10.4. The highest BCUT2D eigenvalue weighted by atomic mass is 16.5. The summed E-state index contributed by atoms with van der Waals surface area (Å²) in [6, 6.07) is 9.10. The second-order valence-electron chi connectivity index (χ2n) is 6.58. The summed E-state index contributed by atoms with van der Waals surface area (Å²) < 4.78 is 5.66. The van der Waals surface area contributed by atoms with E-state index in [1.807, 2.05) is 0 Å². The van der Waals surface area contributed by atoms with E-state index in [0.717, 1.165) is 24.7 Å². The normalized spacial score (nSPS) is 22.2. The first-order chi connectivity index (χ1) is 11.3. The molecule has 0 N–H and O–H groups in total. The Morgan fingerprint density at radius 1 is 0.913 bits per heavy atom. The van der Waals surface area contributed by atoms with Crippen LogP contribution in [0, 0.1) is 5.92 Å². The summed E-state index contributed by atoms with van der Waals surface area (Å²) in [5, 5.41) is 0. The maximum Gasteiger partial charge on any atom is 0.0721 e. The van der Waals surface area contributed by atoms with Crippen LogP contribution in [0.15, 0.2) is 48.6 Å². The van der Waals surface area contributed by atoms with E-state index >= 15 is 0 Å². The predicted octanol–water partition coefficient (Wildman–Crippen LogP) is 6.41. The number of rotatable bonds is 8. The molecule has 1 aromatic rings. The molecule has 2 rings (SSSR count). The van der Waals surface area contributed by atoms with Gasteiger partial charge in [-0.1, -0.05) is 62.4 Å². The van der Waals surface area contributed by atoms with Crippen LogP contribution in [0.5, 0.6) is 0 Å². The molecule has 0 aliphatic heterocycles. The van der Waals surface area contributed by atoms with Crippen molar-refractivity contribution in [2.45, 2.75) is 64.9 Å². The minimum atomic E-state index is 0.711. The molecule has 1 aliphatic rings. The third kappa shape index (κ3) is 6.35. The maximum absolute atomic E-state index is 5.66. The van der Waals surface area contributed by atoms with Gasteiger partial charge in [0.25, 0.3) is 0 Å². The van der Waals surface area contributed by atoms with E-state index in [1.54, 1.807) is 0 Å². The third-order valence-corrected chi connectivity index (χ3v) is 4.75. The minimum Gasteiger partial charge on any atom is -0.373 e. The molecule has 126 valence electrons. The van der Waals surface area contributed by atoms with Crippen molar-refractivity contribution in [2.24, 2.45) is 5.92 Å². The highest BCUT2D eigenvalue weighted by molar-refractivity contribution is 5.25. The Kier molecular flexibility index (Phi) is 8.17. The molecule has 0 amide bonds. The number of benzene rings is 1. The van der Waals surface area contributed by atoms with Crippen molar-refractivity contribution in [1.82, 2.24) is 0 Å². The molecule has 1 nitrogen and oxygen atoms in total. The SMILES string of the molecule is CC/C=C/COCc1ccc(C2CCC(/C=C/CC)CC2)cc1. The van der Waals surface area contributed by atoms with E-state index in [9.17, 15) is 0 Å². The van der Waals surface area contributed by atoms with Gasteiger partial charge in [0, 0.05) is 0 Å². The van der Waals surface area contributed by atoms with Gasteiger partial charge in [-0.3, -0.25) is 0 Å². The van der Waals surface area contributed by atoms with Crippen molar-refractivity contribution >= 4 is 0 Å². The Bertz CT molecular complexity index is 475. The molecule has 1 fully saturated rings. The van der Waals surface area contributed by atoms with Gasteiger partial charge in [-0.2, -0.15) is 0 Å². The lowest BCUT2D eigenvalue weighted by Crippen LogP contribution is -2.11. The first kappa shape index (κ1) is 18.0. The maximum atomic E-state index is 5.66. The zero-order valence-electron chi connectivity index (χ0n) is 14.8. The molecule has 0 atom stereocenters. The number of allylic oxidation sites excluding steroid dienone is 3. The first-order valence-corrected chi connectivity index (χ1v) is 9.31. The minimum absolute atomic E-state index is 0.711. The van der Waals surface area contributed by atoms with E-state index in [4.69, 9.17) is 4.74 Å². The van der Waals surface area contributed by atoms with Gasteiger partial charge in [0.05, 0.1) is 13.2 Å². The van der Waals surface area contributed by atoms with Crippen molar-refractivity contribution in [3.63, 3.8) is 0 Å². The molecule has 0 heterocycles. The summed E-state index contributed by atoms with van der Waals surface area (Å²) in [5.41, 5.74) is 2.79. The van der Waals surface area contributed by atoms with E-state index in [2.05, 4.69) is 62.4 Å². The summed E-state index contributed by atoms with van der Waals surface area (Å²) in [4.78, 5) is 0. The van der Waals surface area contributed by atoms with Gasteiger partial charge in [0.15, 0.2) is 0 Å². The average Bonchev–Trinajstić information content (AvgIpc) is 2.61. The fourth-order valence-electron chi connectivity index (χ4n) is 3.34. The zero-order chi connectivity index (χ0) is 16.3. The van der Waals surface area contributed by atoms with Crippen LogP contribution in [-0.4, -0.2) is 6.61 Å². The zero-order valence-corrected chi connectivity index (χ0v) is 14.8. The van der Waals surface area contributed by atoms with Gasteiger partial charge >= 0.3 is 0 Å². The molecule has 0 radical (unpaired) electrons. The topological polar surface area (TPSA) is 9.23 Å². The average molecular weight is 312 g/mol. The van der Waals surface area contributed by atoms with E-state index < -0.39 is 0 Å². The van der Waals surface area contributed by atoms with Gasteiger partial charge in [0.1, 0.15) is 0 Å². The Balaban J connectivity index is 1.77. The summed E-state index contributed by atoms with van der Waals surface area (Å²) in [7, 11) is 0. The van der Waals surface area contributed by atoms with Crippen LogP contribution in [0.25, 0.3) is 0 Å². The lowest BCUT2D eigenvalue weighted by atomic mass is 9.78. The van der Waals surface area contributed by atoms with E-state index in [0.29, 0.717) is 13.2 Å². The highest BCUT2D eigenvalue weighted by Crippen LogP contribution is 2.36. The second-order valence-corrected chi connectivity index (χ2v) is 6.58. The lowest BCUT2D eigenvalue weighted by molar-refractivity contribution is 0.148. The first-order valence-electron chi connectivity index (χ1n) is 9.31. The Morgan fingerprint density at radius 3 is 2.26 bits per heavy atom. The van der Waals surface area contributed by atoms with Crippen LogP contribution < -0.4 is 0 Å². The van der Waals surface area contributed by atoms with Gasteiger partial charge in [0.2, 0.25) is 0 Å². The standard InChI is InChI=1S/C22H32O/c1-3-5-7-17-23-18-20-11-15-22(16-12-20)21-13-9-19(10-14-21)8-6-4-2/h5-8,11-12,15-16,19,21H,3-4,9-10,13-14,17-18H2,1-2H3/b7-5+,8-6+. The molecule has 0 saturated heterocycles. The van der Waals surface area contributed by atoms with Crippen molar-refractivity contribution in [3.05, 3.63) is 59.7 Å². The third-order valence-electron chi connectivity index (χ3n) is 4.75. The quantitative estimate of drug-likeness (QED) is 0.398. The van der Waals surface area contributed by atoms with E-state index in [-0.39, 0.29) is 0 Å². The molecule has 0 bridgehead atoms. The number of hydrogen-bond acceptors (Lipinski definition) is 1. The van der Waals surface area contributed by atoms with Crippen LogP contribution in [0.1, 0.15) is 69.4 Å². The Morgan fingerprint density at radius 2 is 1.61 bits per heavy atom. The summed E-state index contributed by atoms with van der Waals surface area (Å²) in [5.74, 6) is 1.57.